The van der Waals surface area contributed by atoms with Gasteiger partial charge in [-0.2, -0.15) is 0 Å². The summed E-state index contributed by atoms with van der Waals surface area (Å²) in [5.41, 5.74) is 2.85. The SMILES string of the molecule is CC(C)c1ccc(NC(=O)CSc2nnc3ccccn23)cc1. The zero-order chi connectivity index (χ0) is 16.2. The lowest BCUT2D eigenvalue weighted by Gasteiger charge is -2.08. The number of rotatable bonds is 5. The van der Waals surface area contributed by atoms with E-state index in [0.29, 0.717) is 16.8 Å². The number of fused-ring (bicyclic) bond motifs is 1. The highest BCUT2D eigenvalue weighted by atomic mass is 32.2. The van der Waals surface area contributed by atoms with Crippen LogP contribution in [0.5, 0.6) is 0 Å². The van der Waals surface area contributed by atoms with Crippen molar-refractivity contribution in [3.05, 3.63) is 54.2 Å². The molecule has 0 aliphatic rings. The average Bonchev–Trinajstić information content (AvgIpc) is 2.97. The predicted molar refractivity (Wildman–Crippen MR) is 92.9 cm³/mol. The van der Waals surface area contributed by atoms with Crippen LogP contribution < -0.4 is 5.32 Å². The van der Waals surface area contributed by atoms with E-state index >= 15 is 0 Å². The van der Waals surface area contributed by atoms with Crippen LogP contribution in [0, 0.1) is 0 Å². The second-order valence-electron chi connectivity index (χ2n) is 5.52. The molecule has 1 amide bonds. The molecular weight excluding hydrogens is 308 g/mol. The molecule has 0 aliphatic heterocycles. The Morgan fingerprint density at radius 1 is 1.17 bits per heavy atom. The van der Waals surface area contributed by atoms with Crippen LogP contribution in [0.1, 0.15) is 25.3 Å². The molecule has 23 heavy (non-hydrogen) atoms. The van der Waals surface area contributed by atoms with Crippen molar-refractivity contribution in [3.63, 3.8) is 0 Å². The molecule has 0 bridgehead atoms. The number of pyridine rings is 1. The van der Waals surface area contributed by atoms with Crippen molar-refractivity contribution in [2.45, 2.75) is 24.9 Å². The number of hydrogen-bond donors (Lipinski definition) is 1. The zero-order valence-electron chi connectivity index (χ0n) is 13.1. The molecule has 1 N–H and O–H groups in total. The van der Waals surface area contributed by atoms with Gasteiger partial charge in [0.05, 0.1) is 5.75 Å². The van der Waals surface area contributed by atoms with Gasteiger partial charge >= 0.3 is 0 Å². The third-order valence-electron chi connectivity index (χ3n) is 3.48. The quantitative estimate of drug-likeness (QED) is 0.728. The van der Waals surface area contributed by atoms with Gasteiger partial charge in [-0.1, -0.05) is 43.8 Å². The van der Waals surface area contributed by atoms with E-state index in [1.54, 1.807) is 0 Å². The Morgan fingerprint density at radius 3 is 2.70 bits per heavy atom. The lowest BCUT2D eigenvalue weighted by molar-refractivity contribution is -0.113. The molecule has 118 valence electrons. The van der Waals surface area contributed by atoms with Crippen molar-refractivity contribution in [1.29, 1.82) is 0 Å². The fraction of sp³-hybridized carbons (Fsp3) is 0.235. The minimum Gasteiger partial charge on any atom is -0.325 e. The zero-order valence-corrected chi connectivity index (χ0v) is 13.9. The van der Waals surface area contributed by atoms with Gasteiger partial charge in [-0.15, -0.1) is 10.2 Å². The number of carbonyl (C=O) groups excluding carboxylic acids is 1. The summed E-state index contributed by atoms with van der Waals surface area (Å²) in [5, 5.41) is 11.8. The Balaban J connectivity index is 1.59. The van der Waals surface area contributed by atoms with Gasteiger partial charge in [0, 0.05) is 11.9 Å². The van der Waals surface area contributed by atoms with Crippen LogP contribution in [0.2, 0.25) is 0 Å². The first-order chi connectivity index (χ1) is 11.1. The smallest absolute Gasteiger partial charge is 0.234 e. The Hall–Kier alpha value is -2.34. The highest BCUT2D eigenvalue weighted by molar-refractivity contribution is 7.99. The average molecular weight is 326 g/mol. The lowest BCUT2D eigenvalue weighted by Crippen LogP contribution is -2.14. The maximum Gasteiger partial charge on any atom is 0.234 e. The van der Waals surface area contributed by atoms with Crippen LogP contribution in [0.3, 0.4) is 0 Å². The summed E-state index contributed by atoms with van der Waals surface area (Å²) in [6.07, 6.45) is 1.89. The number of benzene rings is 1. The highest BCUT2D eigenvalue weighted by Gasteiger charge is 2.09. The van der Waals surface area contributed by atoms with Gasteiger partial charge < -0.3 is 5.32 Å². The molecule has 3 aromatic rings. The molecule has 0 aliphatic carbocycles. The lowest BCUT2D eigenvalue weighted by atomic mass is 10.0. The summed E-state index contributed by atoms with van der Waals surface area (Å²) in [4.78, 5) is 12.1. The Labute approximate surface area is 139 Å². The van der Waals surface area contributed by atoms with Crippen molar-refractivity contribution in [1.82, 2.24) is 14.6 Å². The van der Waals surface area contributed by atoms with Crippen molar-refractivity contribution in [2.24, 2.45) is 0 Å². The summed E-state index contributed by atoms with van der Waals surface area (Å²) in [5.74, 6) is 0.721. The molecule has 0 fully saturated rings. The molecule has 0 radical (unpaired) electrons. The van der Waals surface area contributed by atoms with Gasteiger partial charge in [-0.3, -0.25) is 9.20 Å². The number of amides is 1. The summed E-state index contributed by atoms with van der Waals surface area (Å²) in [6.45, 7) is 4.29. The molecule has 5 nitrogen and oxygen atoms in total. The Morgan fingerprint density at radius 2 is 1.96 bits per heavy atom. The van der Waals surface area contributed by atoms with Crippen molar-refractivity contribution in [2.75, 3.05) is 11.1 Å². The molecule has 0 saturated heterocycles. The summed E-state index contributed by atoms with van der Waals surface area (Å²) in [7, 11) is 0. The first-order valence-corrected chi connectivity index (χ1v) is 8.44. The molecule has 6 heteroatoms. The maximum absolute atomic E-state index is 12.1. The Kier molecular flexibility index (Phi) is 4.62. The second-order valence-corrected chi connectivity index (χ2v) is 6.47. The van der Waals surface area contributed by atoms with E-state index in [1.165, 1.54) is 17.3 Å². The Bertz CT molecular complexity index is 811. The van der Waals surface area contributed by atoms with Crippen LogP contribution in [-0.2, 0) is 4.79 Å². The monoisotopic (exact) mass is 326 g/mol. The summed E-state index contributed by atoms with van der Waals surface area (Å²) >= 11 is 1.37. The van der Waals surface area contributed by atoms with E-state index < -0.39 is 0 Å². The third kappa shape index (κ3) is 3.71. The number of hydrogen-bond acceptors (Lipinski definition) is 4. The van der Waals surface area contributed by atoms with E-state index in [-0.39, 0.29) is 5.91 Å². The molecule has 0 saturated carbocycles. The molecule has 1 aromatic carbocycles. The van der Waals surface area contributed by atoms with Gasteiger partial charge in [0.1, 0.15) is 0 Å². The maximum atomic E-state index is 12.1. The number of thioether (sulfide) groups is 1. The van der Waals surface area contributed by atoms with Gasteiger partial charge in [-0.25, -0.2) is 0 Å². The summed E-state index contributed by atoms with van der Waals surface area (Å²) < 4.78 is 1.87. The van der Waals surface area contributed by atoms with Crippen LogP contribution in [0.15, 0.2) is 53.8 Å². The third-order valence-corrected chi connectivity index (χ3v) is 4.42. The van der Waals surface area contributed by atoms with Crippen LogP contribution in [-0.4, -0.2) is 26.3 Å². The number of aromatic nitrogens is 3. The molecule has 3 rings (SSSR count). The van der Waals surface area contributed by atoms with Crippen LogP contribution in [0.4, 0.5) is 5.69 Å². The molecule has 2 heterocycles. The van der Waals surface area contributed by atoms with E-state index in [2.05, 4.69) is 29.4 Å². The van der Waals surface area contributed by atoms with Crippen LogP contribution in [0.25, 0.3) is 5.65 Å². The molecule has 0 spiro atoms. The standard InChI is InChI=1S/C17H18N4OS/c1-12(2)13-6-8-14(9-7-13)18-16(22)11-23-17-20-19-15-5-3-4-10-21(15)17/h3-10,12H,11H2,1-2H3,(H,18,22). The summed E-state index contributed by atoms with van der Waals surface area (Å²) in [6, 6.07) is 13.7. The minimum atomic E-state index is -0.0556. The van der Waals surface area contributed by atoms with Gasteiger partial charge in [0.2, 0.25) is 5.91 Å². The van der Waals surface area contributed by atoms with Crippen LogP contribution >= 0.6 is 11.8 Å². The largest absolute Gasteiger partial charge is 0.325 e. The highest BCUT2D eigenvalue weighted by Crippen LogP contribution is 2.19. The van der Waals surface area contributed by atoms with E-state index in [1.807, 2.05) is 53.1 Å². The normalized spacial score (nSPS) is 11.1. The van der Waals surface area contributed by atoms with Crippen molar-refractivity contribution >= 4 is 29.0 Å². The molecular formula is C17H18N4OS. The fourth-order valence-electron chi connectivity index (χ4n) is 2.20. The first kappa shape index (κ1) is 15.6. The van der Waals surface area contributed by atoms with Gasteiger partial charge in [-0.05, 0) is 35.7 Å². The van der Waals surface area contributed by atoms with E-state index in [0.717, 1.165) is 11.3 Å². The molecule has 0 atom stereocenters. The van der Waals surface area contributed by atoms with Gasteiger partial charge in [0.15, 0.2) is 10.8 Å². The number of anilines is 1. The second kappa shape index (κ2) is 6.83. The molecule has 2 aromatic heterocycles. The number of nitrogens with one attached hydrogen (secondary N) is 1. The minimum absolute atomic E-state index is 0.0556. The van der Waals surface area contributed by atoms with E-state index in [9.17, 15) is 4.79 Å². The predicted octanol–water partition coefficient (Wildman–Crippen LogP) is 3.58. The van der Waals surface area contributed by atoms with Crippen molar-refractivity contribution < 1.29 is 4.79 Å². The topological polar surface area (TPSA) is 59.3 Å². The van der Waals surface area contributed by atoms with E-state index in [4.69, 9.17) is 0 Å². The number of carbonyl (C=O) groups is 1. The fourth-order valence-corrected chi connectivity index (χ4v) is 2.92. The van der Waals surface area contributed by atoms with Crippen molar-refractivity contribution in [3.8, 4) is 0 Å². The number of nitrogens with zero attached hydrogens (tertiary/aromatic N) is 3. The first-order valence-electron chi connectivity index (χ1n) is 7.46. The molecule has 0 unspecified atom stereocenters. The van der Waals surface area contributed by atoms with Gasteiger partial charge in [0.25, 0.3) is 0 Å².